The number of hydrogen-bond acceptors (Lipinski definition) is 6. The normalized spacial score (nSPS) is 11.6. The zero-order valence-corrected chi connectivity index (χ0v) is 13.2. The van der Waals surface area contributed by atoms with Crippen LogP contribution in [0, 0.1) is 0 Å². The Morgan fingerprint density at radius 2 is 2.05 bits per heavy atom. The third-order valence-corrected chi connectivity index (χ3v) is 5.17. The maximum absolute atomic E-state index is 12.3. The molecule has 0 fully saturated rings. The monoisotopic (exact) mass is 346 g/mol. The molecule has 0 saturated carbocycles. The van der Waals surface area contributed by atoms with Crippen LogP contribution in [-0.4, -0.2) is 42.4 Å². The summed E-state index contributed by atoms with van der Waals surface area (Å²) < 4.78 is 25.5. The highest BCUT2D eigenvalue weighted by Crippen LogP contribution is 2.17. The number of nitrogens with one attached hydrogen (secondary N) is 1. The summed E-state index contributed by atoms with van der Waals surface area (Å²) in [5.41, 5.74) is 1.46. The van der Waals surface area contributed by atoms with E-state index in [1.54, 1.807) is 0 Å². The van der Waals surface area contributed by atoms with Gasteiger partial charge < -0.3 is 0 Å². The van der Waals surface area contributed by atoms with Gasteiger partial charge in [0, 0.05) is 12.1 Å². The minimum Gasteiger partial charge on any atom is -0.299 e. The zero-order valence-electron chi connectivity index (χ0n) is 10.9. The molecule has 0 radical (unpaired) electrons. The Kier molecular flexibility index (Phi) is 4.88. The van der Waals surface area contributed by atoms with Crippen molar-refractivity contribution < 1.29 is 13.2 Å². The summed E-state index contributed by atoms with van der Waals surface area (Å²) in [5.74, 6) is -0.494. The summed E-state index contributed by atoms with van der Waals surface area (Å²) >= 11 is 6.87. The molecule has 21 heavy (non-hydrogen) atoms. The molecule has 0 aliphatic rings. The third-order valence-electron chi connectivity index (χ3n) is 2.49. The first-order valence-electron chi connectivity index (χ1n) is 5.67. The van der Waals surface area contributed by atoms with Crippen LogP contribution in [0.3, 0.4) is 0 Å². The lowest BCUT2D eigenvalue weighted by Crippen LogP contribution is -2.34. The Hall–Kier alpha value is -1.55. The molecule has 0 spiro atoms. The van der Waals surface area contributed by atoms with E-state index in [-0.39, 0.29) is 11.4 Å². The zero-order chi connectivity index (χ0) is 15.5. The summed E-state index contributed by atoms with van der Waals surface area (Å²) in [7, 11) is -2.43. The van der Waals surface area contributed by atoms with E-state index in [0.29, 0.717) is 10.2 Å². The Morgan fingerprint density at radius 1 is 1.38 bits per heavy atom. The summed E-state index contributed by atoms with van der Waals surface area (Å²) in [6.07, 6.45) is 0. The Labute approximate surface area is 130 Å². The molecular weight excluding hydrogens is 336 g/mol. The molecule has 0 aliphatic carbocycles. The predicted octanol–water partition coefficient (Wildman–Crippen LogP) is 1.45. The lowest BCUT2D eigenvalue weighted by Gasteiger charge is -2.16. The van der Waals surface area contributed by atoms with E-state index in [0.717, 1.165) is 15.6 Å². The number of likely N-dealkylation sites (N-methyl/N-ethyl adjacent to an activating group) is 1. The average Bonchev–Trinajstić information content (AvgIpc) is 2.91. The van der Waals surface area contributed by atoms with Gasteiger partial charge in [-0.15, -0.1) is 10.2 Å². The second-order valence-electron chi connectivity index (χ2n) is 4.01. The van der Waals surface area contributed by atoms with E-state index >= 15 is 0 Å². The second-order valence-corrected chi connectivity index (χ2v) is 7.32. The van der Waals surface area contributed by atoms with Crippen LogP contribution in [0.5, 0.6) is 0 Å². The van der Waals surface area contributed by atoms with Crippen molar-refractivity contribution in [2.45, 2.75) is 4.90 Å². The predicted molar refractivity (Wildman–Crippen MR) is 79.8 cm³/mol. The largest absolute Gasteiger partial charge is 0.299 e. The SMILES string of the molecule is CN(CC(=O)Nc1nncs1)S(=O)(=O)c1ccc(Cl)cc1. The molecule has 1 amide bonds. The number of carbonyl (C=O) groups excluding carboxylic acids is 1. The van der Waals surface area contributed by atoms with Crippen LogP contribution in [0.4, 0.5) is 5.13 Å². The summed E-state index contributed by atoms with van der Waals surface area (Å²) in [6, 6.07) is 5.72. The smallest absolute Gasteiger partial charge is 0.243 e. The molecule has 0 saturated heterocycles. The number of rotatable bonds is 5. The van der Waals surface area contributed by atoms with Crippen LogP contribution in [0.1, 0.15) is 0 Å². The van der Waals surface area contributed by atoms with Crippen molar-refractivity contribution in [2.24, 2.45) is 0 Å². The highest BCUT2D eigenvalue weighted by atomic mass is 35.5. The van der Waals surface area contributed by atoms with Gasteiger partial charge in [-0.2, -0.15) is 4.31 Å². The maximum atomic E-state index is 12.3. The van der Waals surface area contributed by atoms with Crippen molar-refractivity contribution in [3.05, 3.63) is 34.8 Å². The van der Waals surface area contributed by atoms with Crippen molar-refractivity contribution in [3.63, 3.8) is 0 Å². The van der Waals surface area contributed by atoms with E-state index in [4.69, 9.17) is 11.6 Å². The lowest BCUT2D eigenvalue weighted by atomic mass is 10.4. The summed E-state index contributed by atoms with van der Waals surface area (Å²) in [5, 5.41) is 10.4. The van der Waals surface area contributed by atoms with Crippen LogP contribution in [-0.2, 0) is 14.8 Å². The van der Waals surface area contributed by atoms with Gasteiger partial charge in [0.15, 0.2) is 0 Å². The van der Waals surface area contributed by atoms with E-state index in [1.165, 1.54) is 36.8 Å². The number of sulfonamides is 1. The van der Waals surface area contributed by atoms with Crippen molar-refractivity contribution >= 4 is 44.0 Å². The topological polar surface area (TPSA) is 92.3 Å². The van der Waals surface area contributed by atoms with Gasteiger partial charge in [-0.05, 0) is 24.3 Å². The minimum atomic E-state index is -3.75. The molecule has 0 unspecified atom stereocenters. The number of amides is 1. The van der Waals surface area contributed by atoms with Crippen LogP contribution >= 0.6 is 22.9 Å². The first-order valence-corrected chi connectivity index (χ1v) is 8.37. The van der Waals surface area contributed by atoms with E-state index < -0.39 is 15.9 Å². The van der Waals surface area contributed by atoms with Gasteiger partial charge in [0.1, 0.15) is 5.51 Å². The molecule has 1 heterocycles. The Balaban J connectivity index is 2.06. The molecule has 2 aromatic rings. The van der Waals surface area contributed by atoms with Gasteiger partial charge >= 0.3 is 0 Å². The number of benzene rings is 1. The molecule has 2 rings (SSSR count). The van der Waals surface area contributed by atoms with Gasteiger partial charge in [-0.25, -0.2) is 8.42 Å². The molecule has 1 aromatic carbocycles. The van der Waals surface area contributed by atoms with Crippen LogP contribution in [0.2, 0.25) is 5.02 Å². The molecular formula is C11H11ClN4O3S2. The van der Waals surface area contributed by atoms with Crippen LogP contribution in [0.15, 0.2) is 34.7 Å². The van der Waals surface area contributed by atoms with Crippen LogP contribution in [0.25, 0.3) is 0 Å². The molecule has 112 valence electrons. The second kappa shape index (κ2) is 6.48. The number of hydrogen-bond donors (Lipinski definition) is 1. The highest BCUT2D eigenvalue weighted by molar-refractivity contribution is 7.89. The minimum absolute atomic E-state index is 0.0677. The first-order chi connectivity index (χ1) is 9.89. The van der Waals surface area contributed by atoms with Gasteiger partial charge in [0.25, 0.3) is 0 Å². The molecule has 1 aromatic heterocycles. The summed E-state index contributed by atoms with van der Waals surface area (Å²) in [6.45, 7) is -0.329. The summed E-state index contributed by atoms with van der Waals surface area (Å²) in [4.78, 5) is 11.8. The van der Waals surface area contributed by atoms with Crippen molar-refractivity contribution in [2.75, 3.05) is 18.9 Å². The standard InChI is InChI=1S/C11H11ClN4O3S2/c1-16(6-10(17)14-11-15-13-7-20-11)21(18,19)9-4-2-8(12)3-5-9/h2-5,7H,6H2,1H3,(H,14,15,17). The molecule has 0 aliphatic heterocycles. The highest BCUT2D eigenvalue weighted by Gasteiger charge is 2.23. The van der Waals surface area contributed by atoms with Crippen molar-refractivity contribution in [3.8, 4) is 0 Å². The molecule has 7 nitrogen and oxygen atoms in total. The fraction of sp³-hybridized carbons (Fsp3) is 0.182. The van der Waals surface area contributed by atoms with Gasteiger partial charge in [0.05, 0.1) is 11.4 Å². The van der Waals surface area contributed by atoms with Gasteiger partial charge in [0.2, 0.25) is 21.1 Å². The molecule has 10 heteroatoms. The van der Waals surface area contributed by atoms with Crippen LogP contribution < -0.4 is 5.32 Å². The number of carbonyl (C=O) groups is 1. The quantitative estimate of drug-likeness (QED) is 0.884. The number of halogens is 1. The Morgan fingerprint density at radius 3 is 2.62 bits per heavy atom. The third kappa shape index (κ3) is 3.97. The molecule has 0 bridgehead atoms. The van der Waals surface area contributed by atoms with E-state index in [1.807, 2.05) is 0 Å². The Bertz CT molecular complexity index is 716. The van der Waals surface area contributed by atoms with Gasteiger partial charge in [-0.3, -0.25) is 10.1 Å². The van der Waals surface area contributed by atoms with Gasteiger partial charge in [-0.1, -0.05) is 22.9 Å². The fourth-order valence-corrected chi connectivity index (χ4v) is 3.17. The van der Waals surface area contributed by atoms with Crippen molar-refractivity contribution in [1.82, 2.24) is 14.5 Å². The van der Waals surface area contributed by atoms with Crippen molar-refractivity contribution in [1.29, 1.82) is 0 Å². The number of anilines is 1. The number of aromatic nitrogens is 2. The first kappa shape index (κ1) is 15.8. The average molecular weight is 347 g/mol. The maximum Gasteiger partial charge on any atom is 0.243 e. The lowest BCUT2D eigenvalue weighted by molar-refractivity contribution is -0.116. The van der Waals surface area contributed by atoms with E-state index in [9.17, 15) is 13.2 Å². The number of nitrogens with zero attached hydrogens (tertiary/aromatic N) is 3. The van der Waals surface area contributed by atoms with E-state index in [2.05, 4.69) is 15.5 Å². The fourth-order valence-electron chi connectivity index (χ4n) is 1.46. The molecule has 0 atom stereocenters. The molecule has 1 N–H and O–H groups in total.